The maximum atomic E-state index is 12.1. The third-order valence-electron chi connectivity index (χ3n) is 3.17. The molecule has 0 N–H and O–H groups in total. The van der Waals surface area contributed by atoms with Crippen molar-refractivity contribution >= 4 is 17.5 Å². The summed E-state index contributed by atoms with van der Waals surface area (Å²) in [5.41, 5.74) is 2.01. The predicted octanol–water partition coefficient (Wildman–Crippen LogP) is 2.66. The minimum atomic E-state index is -0.534. The van der Waals surface area contributed by atoms with Gasteiger partial charge in [0.2, 0.25) is 11.6 Å². The molecule has 0 aromatic heterocycles. The van der Waals surface area contributed by atoms with Crippen molar-refractivity contribution in [3.63, 3.8) is 0 Å². The molecule has 1 aliphatic rings. The second-order valence-corrected chi connectivity index (χ2v) is 4.50. The summed E-state index contributed by atoms with van der Waals surface area (Å²) in [5.74, 6) is -1.12. The van der Waals surface area contributed by atoms with Crippen LogP contribution < -0.4 is 4.74 Å². The van der Waals surface area contributed by atoms with Crippen molar-refractivity contribution in [3.05, 3.63) is 53.6 Å². The van der Waals surface area contributed by atoms with E-state index >= 15 is 0 Å². The van der Waals surface area contributed by atoms with Crippen molar-refractivity contribution in [2.45, 2.75) is 6.92 Å². The molecule has 4 nitrogen and oxygen atoms in total. The Kier molecular flexibility index (Phi) is 2.71. The van der Waals surface area contributed by atoms with Gasteiger partial charge in [0.25, 0.3) is 0 Å². The van der Waals surface area contributed by atoms with Crippen LogP contribution in [0.1, 0.15) is 27.6 Å². The summed E-state index contributed by atoms with van der Waals surface area (Å²) in [6.45, 7) is 1.31. The average Bonchev–Trinajstić information content (AvgIpc) is 2.44. The van der Waals surface area contributed by atoms with Crippen molar-refractivity contribution in [3.8, 4) is 16.9 Å². The highest BCUT2D eigenvalue weighted by Gasteiger charge is 2.30. The van der Waals surface area contributed by atoms with Crippen LogP contribution >= 0.6 is 0 Å². The first kappa shape index (κ1) is 12.3. The molecule has 0 fully saturated rings. The second kappa shape index (κ2) is 4.42. The van der Waals surface area contributed by atoms with Crippen molar-refractivity contribution < 1.29 is 19.1 Å². The number of carbonyl (C=O) groups is 3. The minimum absolute atomic E-state index is 0.338. The number of Topliss-reactive ketones (excluding diaryl/α,β-unsaturated/α-hetero) is 2. The van der Waals surface area contributed by atoms with E-state index in [2.05, 4.69) is 0 Å². The van der Waals surface area contributed by atoms with Crippen molar-refractivity contribution in [2.24, 2.45) is 0 Å². The topological polar surface area (TPSA) is 60.4 Å². The SMILES string of the molecule is CC(=O)Oc1ccc2c(c1)-c1ccccc1C(=O)C2=O. The van der Waals surface area contributed by atoms with Gasteiger partial charge in [-0.25, -0.2) is 0 Å². The van der Waals surface area contributed by atoms with Crippen LogP contribution in [0.25, 0.3) is 11.1 Å². The van der Waals surface area contributed by atoms with E-state index in [0.717, 1.165) is 0 Å². The van der Waals surface area contributed by atoms with Gasteiger partial charge < -0.3 is 4.74 Å². The quantitative estimate of drug-likeness (QED) is 0.452. The van der Waals surface area contributed by atoms with Crippen LogP contribution in [-0.2, 0) is 4.79 Å². The number of esters is 1. The molecule has 20 heavy (non-hydrogen) atoms. The van der Waals surface area contributed by atoms with Gasteiger partial charge in [0.05, 0.1) is 0 Å². The van der Waals surface area contributed by atoms with Gasteiger partial charge in [-0.1, -0.05) is 24.3 Å². The van der Waals surface area contributed by atoms with E-state index in [1.54, 1.807) is 30.3 Å². The van der Waals surface area contributed by atoms with Crippen molar-refractivity contribution in [2.75, 3.05) is 0 Å². The number of benzene rings is 2. The number of hydrogen-bond acceptors (Lipinski definition) is 4. The number of fused-ring (bicyclic) bond motifs is 3. The average molecular weight is 266 g/mol. The van der Waals surface area contributed by atoms with Crippen LogP contribution in [0, 0.1) is 0 Å². The summed E-state index contributed by atoms with van der Waals surface area (Å²) in [6.07, 6.45) is 0. The fourth-order valence-corrected chi connectivity index (χ4v) is 2.33. The molecule has 3 rings (SSSR count). The summed E-state index contributed by atoms with van der Waals surface area (Å²) < 4.78 is 5.02. The third kappa shape index (κ3) is 1.82. The molecule has 2 aromatic carbocycles. The molecule has 0 radical (unpaired) electrons. The van der Waals surface area contributed by atoms with Crippen LogP contribution in [0.5, 0.6) is 5.75 Å². The van der Waals surface area contributed by atoms with Gasteiger partial charge in [0.1, 0.15) is 5.75 Å². The summed E-state index contributed by atoms with van der Waals surface area (Å²) in [6, 6.07) is 11.5. The molecule has 0 aliphatic heterocycles. The number of ether oxygens (including phenoxy) is 1. The van der Waals surface area contributed by atoms with Crippen LogP contribution in [0.4, 0.5) is 0 Å². The van der Waals surface area contributed by atoms with Gasteiger partial charge in [-0.15, -0.1) is 0 Å². The molecule has 0 bridgehead atoms. The lowest BCUT2D eigenvalue weighted by atomic mass is 9.84. The van der Waals surface area contributed by atoms with E-state index in [1.165, 1.54) is 19.1 Å². The summed E-state index contributed by atoms with van der Waals surface area (Å²) in [7, 11) is 0. The Labute approximate surface area is 115 Å². The van der Waals surface area contributed by atoms with Gasteiger partial charge in [-0.3, -0.25) is 14.4 Å². The first-order valence-corrected chi connectivity index (χ1v) is 6.09. The number of ketones is 2. The van der Waals surface area contributed by atoms with E-state index < -0.39 is 17.5 Å². The Morgan fingerprint density at radius 2 is 1.45 bits per heavy atom. The number of carbonyl (C=O) groups excluding carboxylic acids is 3. The Morgan fingerprint density at radius 3 is 2.10 bits per heavy atom. The van der Waals surface area contributed by atoms with Gasteiger partial charge >= 0.3 is 5.97 Å². The van der Waals surface area contributed by atoms with Crippen LogP contribution in [0.2, 0.25) is 0 Å². The van der Waals surface area contributed by atoms with Gasteiger partial charge in [0, 0.05) is 18.1 Å². The molecule has 1 aliphatic carbocycles. The zero-order chi connectivity index (χ0) is 14.3. The lowest BCUT2D eigenvalue weighted by molar-refractivity contribution is -0.131. The molecule has 0 unspecified atom stereocenters. The third-order valence-corrected chi connectivity index (χ3v) is 3.17. The maximum absolute atomic E-state index is 12.1. The highest BCUT2D eigenvalue weighted by molar-refractivity contribution is 6.53. The van der Waals surface area contributed by atoms with E-state index in [1.807, 2.05) is 0 Å². The van der Waals surface area contributed by atoms with E-state index in [0.29, 0.717) is 28.0 Å². The standard InChI is InChI=1S/C16H10O4/c1-9(17)20-10-6-7-13-14(8-10)11-4-2-3-5-12(11)15(18)16(13)19/h2-8H,1H3. The van der Waals surface area contributed by atoms with Gasteiger partial charge in [0.15, 0.2) is 0 Å². The Hall–Kier alpha value is -2.75. The molecule has 0 spiro atoms. The molecule has 4 heteroatoms. The molecule has 0 atom stereocenters. The zero-order valence-electron chi connectivity index (χ0n) is 10.7. The first-order chi connectivity index (χ1) is 9.58. The molecular weight excluding hydrogens is 256 g/mol. The molecule has 0 saturated heterocycles. The van der Waals surface area contributed by atoms with E-state index in [-0.39, 0.29) is 0 Å². The van der Waals surface area contributed by atoms with E-state index in [4.69, 9.17) is 4.74 Å². The van der Waals surface area contributed by atoms with Gasteiger partial charge in [-0.05, 0) is 29.3 Å². The lowest BCUT2D eigenvalue weighted by Crippen LogP contribution is -2.21. The predicted molar refractivity (Wildman–Crippen MR) is 71.8 cm³/mol. The normalized spacial score (nSPS) is 12.7. The number of hydrogen-bond donors (Lipinski definition) is 0. The smallest absolute Gasteiger partial charge is 0.308 e. The Morgan fingerprint density at radius 1 is 0.850 bits per heavy atom. The Bertz CT molecular complexity index is 759. The molecular formula is C16H10O4. The fourth-order valence-electron chi connectivity index (χ4n) is 2.33. The maximum Gasteiger partial charge on any atom is 0.308 e. The molecule has 0 saturated carbocycles. The fraction of sp³-hybridized carbons (Fsp3) is 0.0625. The first-order valence-electron chi connectivity index (χ1n) is 6.09. The van der Waals surface area contributed by atoms with Crippen LogP contribution in [0.15, 0.2) is 42.5 Å². The molecule has 0 heterocycles. The van der Waals surface area contributed by atoms with Crippen molar-refractivity contribution in [1.29, 1.82) is 0 Å². The van der Waals surface area contributed by atoms with Crippen molar-refractivity contribution in [1.82, 2.24) is 0 Å². The highest BCUT2D eigenvalue weighted by Crippen LogP contribution is 2.35. The summed E-state index contributed by atoms with van der Waals surface area (Å²) in [5, 5.41) is 0. The summed E-state index contributed by atoms with van der Waals surface area (Å²) in [4.78, 5) is 35.1. The molecule has 2 aromatic rings. The zero-order valence-corrected chi connectivity index (χ0v) is 10.7. The van der Waals surface area contributed by atoms with Crippen LogP contribution in [-0.4, -0.2) is 17.5 Å². The molecule has 0 amide bonds. The van der Waals surface area contributed by atoms with E-state index in [9.17, 15) is 14.4 Å². The number of rotatable bonds is 1. The minimum Gasteiger partial charge on any atom is -0.427 e. The van der Waals surface area contributed by atoms with Crippen LogP contribution in [0.3, 0.4) is 0 Å². The monoisotopic (exact) mass is 266 g/mol. The second-order valence-electron chi connectivity index (χ2n) is 4.50. The highest BCUT2D eigenvalue weighted by atomic mass is 16.5. The lowest BCUT2D eigenvalue weighted by Gasteiger charge is -2.18. The summed E-state index contributed by atoms with van der Waals surface area (Å²) >= 11 is 0. The Balaban J connectivity index is 2.23. The largest absolute Gasteiger partial charge is 0.427 e. The molecule has 98 valence electrons. The van der Waals surface area contributed by atoms with Gasteiger partial charge in [-0.2, -0.15) is 0 Å².